The molecule has 132 valence electrons. The van der Waals surface area contributed by atoms with Crippen molar-refractivity contribution in [2.24, 2.45) is 0 Å². The number of carbonyl (C=O) groups is 1. The highest BCUT2D eigenvalue weighted by molar-refractivity contribution is 7.98. The van der Waals surface area contributed by atoms with E-state index in [1.807, 2.05) is 0 Å². The standard InChI is InChI=1S/C14H11NO8S2/c16-9-2-4-10(5-3-9)24-7-8-1-6-11(14(17)18)13(25(21,22)23)12(8)15(19)20/h1-6,16H,7H2,(H,17,18)(H,21,22,23). The van der Waals surface area contributed by atoms with Crippen LogP contribution in [-0.4, -0.2) is 34.1 Å². The molecule has 9 nitrogen and oxygen atoms in total. The molecule has 0 radical (unpaired) electrons. The van der Waals surface area contributed by atoms with Crippen LogP contribution in [0.25, 0.3) is 0 Å². The van der Waals surface area contributed by atoms with Gasteiger partial charge in [-0.15, -0.1) is 11.8 Å². The van der Waals surface area contributed by atoms with Crippen molar-refractivity contribution in [1.29, 1.82) is 0 Å². The van der Waals surface area contributed by atoms with Gasteiger partial charge in [0.2, 0.25) is 0 Å². The largest absolute Gasteiger partial charge is 0.508 e. The fraction of sp³-hybridized carbons (Fsp3) is 0.0714. The van der Waals surface area contributed by atoms with E-state index < -0.39 is 37.2 Å². The summed E-state index contributed by atoms with van der Waals surface area (Å²) in [4.78, 5) is 20.8. The molecule has 0 atom stereocenters. The van der Waals surface area contributed by atoms with Crippen LogP contribution >= 0.6 is 11.8 Å². The molecule has 0 unspecified atom stereocenters. The molecule has 3 N–H and O–H groups in total. The van der Waals surface area contributed by atoms with Crippen molar-refractivity contribution in [2.45, 2.75) is 15.5 Å². The van der Waals surface area contributed by atoms with Crippen LogP contribution in [0.1, 0.15) is 15.9 Å². The number of phenolic OH excluding ortho intramolecular Hbond substituents is 1. The van der Waals surface area contributed by atoms with Crippen LogP contribution < -0.4 is 0 Å². The van der Waals surface area contributed by atoms with E-state index in [0.717, 1.165) is 23.9 Å². The molecule has 0 bridgehead atoms. The van der Waals surface area contributed by atoms with Gasteiger partial charge in [0.15, 0.2) is 4.90 Å². The predicted molar refractivity (Wildman–Crippen MR) is 87.5 cm³/mol. The van der Waals surface area contributed by atoms with Crippen molar-refractivity contribution in [3.63, 3.8) is 0 Å². The fourth-order valence-corrected chi connectivity index (χ4v) is 3.83. The number of hydrogen-bond donors (Lipinski definition) is 3. The first-order valence-corrected chi connectivity index (χ1v) is 8.96. The number of rotatable bonds is 6. The van der Waals surface area contributed by atoms with Crippen LogP contribution in [0.3, 0.4) is 0 Å². The van der Waals surface area contributed by atoms with Crippen LogP contribution in [0.5, 0.6) is 5.75 Å². The van der Waals surface area contributed by atoms with Crippen molar-refractivity contribution in [3.05, 3.63) is 57.6 Å². The normalized spacial score (nSPS) is 11.2. The number of nitro benzene ring substituents is 1. The molecular formula is C14H11NO8S2. The number of hydrogen-bond acceptors (Lipinski definition) is 7. The summed E-state index contributed by atoms with van der Waals surface area (Å²) in [6.45, 7) is 0. The molecule has 0 aliphatic heterocycles. The quantitative estimate of drug-likeness (QED) is 0.294. The highest BCUT2D eigenvalue weighted by atomic mass is 32.2. The smallest absolute Gasteiger partial charge is 0.337 e. The van der Waals surface area contributed by atoms with E-state index >= 15 is 0 Å². The summed E-state index contributed by atoms with van der Waals surface area (Å²) in [5.41, 5.74) is -1.93. The van der Waals surface area contributed by atoms with Crippen molar-refractivity contribution >= 4 is 33.5 Å². The number of carboxylic acid groups (broad SMARTS) is 1. The third kappa shape index (κ3) is 4.26. The average Bonchev–Trinajstić information content (AvgIpc) is 2.52. The van der Waals surface area contributed by atoms with E-state index in [4.69, 9.17) is 5.11 Å². The van der Waals surface area contributed by atoms with E-state index in [0.29, 0.717) is 4.90 Å². The summed E-state index contributed by atoms with van der Waals surface area (Å²) < 4.78 is 32.3. The Bertz CT molecular complexity index is 938. The summed E-state index contributed by atoms with van der Waals surface area (Å²) in [5, 5.41) is 29.6. The Morgan fingerprint density at radius 2 is 1.76 bits per heavy atom. The lowest BCUT2D eigenvalue weighted by molar-refractivity contribution is -0.388. The van der Waals surface area contributed by atoms with Gasteiger partial charge in [-0.1, -0.05) is 6.07 Å². The highest BCUT2D eigenvalue weighted by Crippen LogP contribution is 2.35. The van der Waals surface area contributed by atoms with E-state index in [2.05, 4.69) is 0 Å². The zero-order chi connectivity index (χ0) is 18.8. The number of nitro groups is 1. The number of aromatic carboxylic acids is 1. The molecule has 11 heteroatoms. The Morgan fingerprint density at radius 3 is 2.24 bits per heavy atom. The number of benzene rings is 2. The molecule has 2 aromatic carbocycles. The first-order valence-electron chi connectivity index (χ1n) is 6.54. The van der Waals surface area contributed by atoms with Gasteiger partial charge in [-0.25, -0.2) is 4.79 Å². The molecule has 0 amide bonds. The van der Waals surface area contributed by atoms with Crippen molar-refractivity contribution in [1.82, 2.24) is 0 Å². The van der Waals surface area contributed by atoms with Gasteiger partial charge in [0, 0.05) is 16.2 Å². The maximum absolute atomic E-state index is 11.5. The Labute approximate surface area is 145 Å². The molecule has 2 rings (SSSR count). The van der Waals surface area contributed by atoms with Crippen molar-refractivity contribution < 1.29 is 32.9 Å². The van der Waals surface area contributed by atoms with E-state index in [1.54, 1.807) is 12.1 Å². The summed E-state index contributed by atoms with van der Waals surface area (Å²) >= 11 is 1.11. The second kappa shape index (κ2) is 7.09. The van der Waals surface area contributed by atoms with Gasteiger partial charge in [0.05, 0.1) is 10.5 Å². The van der Waals surface area contributed by atoms with Crippen LogP contribution in [0.4, 0.5) is 5.69 Å². The summed E-state index contributed by atoms with van der Waals surface area (Å²) in [7, 11) is -5.13. The third-order valence-corrected chi connectivity index (χ3v) is 5.11. The Balaban J connectivity index is 2.53. The minimum Gasteiger partial charge on any atom is -0.508 e. The number of thioether (sulfide) groups is 1. The van der Waals surface area contributed by atoms with Crippen LogP contribution in [0.2, 0.25) is 0 Å². The highest BCUT2D eigenvalue weighted by Gasteiger charge is 2.33. The number of phenols is 1. The average molecular weight is 385 g/mol. The lowest BCUT2D eigenvalue weighted by Gasteiger charge is -2.09. The van der Waals surface area contributed by atoms with Gasteiger partial charge in [0.1, 0.15) is 5.75 Å². The van der Waals surface area contributed by atoms with Gasteiger partial charge in [-0.3, -0.25) is 14.7 Å². The maximum atomic E-state index is 11.5. The van der Waals surface area contributed by atoms with E-state index in [1.165, 1.54) is 12.1 Å². The molecule has 0 saturated heterocycles. The second-order valence-corrected chi connectivity index (χ2v) is 7.18. The monoisotopic (exact) mass is 385 g/mol. The Hall–Kier alpha value is -2.63. The molecule has 0 aliphatic carbocycles. The molecule has 0 heterocycles. The van der Waals surface area contributed by atoms with Gasteiger partial charge >= 0.3 is 16.1 Å². The van der Waals surface area contributed by atoms with E-state index in [9.17, 15) is 33.0 Å². The molecule has 0 saturated carbocycles. The van der Waals surface area contributed by atoms with Crippen LogP contribution in [-0.2, 0) is 15.9 Å². The minimum atomic E-state index is -5.13. The zero-order valence-corrected chi connectivity index (χ0v) is 14.0. The number of aromatic hydroxyl groups is 1. The molecule has 0 aliphatic rings. The molecule has 0 fully saturated rings. The van der Waals surface area contributed by atoms with Crippen LogP contribution in [0.15, 0.2) is 46.2 Å². The molecule has 25 heavy (non-hydrogen) atoms. The van der Waals surface area contributed by atoms with Crippen LogP contribution in [0, 0.1) is 10.1 Å². The van der Waals surface area contributed by atoms with Crippen molar-refractivity contribution in [2.75, 3.05) is 0 Å². The first-order chi connectivity index (χ1) is 11.6. The lowest BCUT2D eigenvalue weighted by atomic mass is 10.1. The Morgan fingerprint density at radius 1 is 1.16 bits per heavy atom. The Kier molecular flexibility index (Phi) is 5.30. The number of nitrogens with zero attached hydrogens (tertiary/aromatic N) is 1. The van der Waals surface area contributed by atoms with Crippen molar-refractivity contribution in [3.8, 4) is 5.75 Å². The zero-order valence-electron chi connectivity index (χ0n) is 12.3. The van der Waals surface area contributed by atoms with Gasteiger partial charge in [-0.2, -0.15) is 8.42 Å². The number of carboxylic acids is 1. The topological polar surface area (TPSA) is 155 Å². The molecule has 0 spiro atoms. The molecule has 2 aromatic rings. The summed E-state index contributed by atoms with van der Waals surface area (Å²) in [5.74, 6) is -1.73. The fourth-order valence-electron chi connectivity index (χ4n) is 2.06. The second-order valence-electron chi connectivity index (χ2n) is 4.77. The SMILES string of the molecule is O=C(O)c1ccc(CSc2ccc(O)cc2)c([N+](=O)[O-])c1S(=O)(=O)O. The summed E-state index contributed by atoms with van der Waals surface area (Å²) in [6, 6.07) is 7.96. The summed E-state index contributed by atoms with van der Waals surface area (Å²) in [6.07, 6.45) is 0. The lowest BCUT2D eigenvalue weighted by Crippen LogP contribution is -2.13. The van der Waals surface area contributed by atoms with Gasteiger partial charge in [0.25, 0.3) is 5.69 Å². The maximum Gasteiger partial charge on any atom is 0.337 e. The molecule has 0 aromatic heterocycles. The minimum absolute atomic E-state index is 0.0369. The third-order valence-electron chi connectivity index (χ3n) is 3.12. The first kappa shape index (κ1) is 18.7. The van der Waals surface area contributed by atoms with Gasteiger partial charge in [-0.05, 0) is 30.3 Å². The van der Waals surface area contributed by atoms with E-state index in [-0.39, 0.29) is 17.1 Å². The predicted octanol–water partition coefficient (Wildman–Crippen LogP) is 2.54. The van der Waals surface area contributed by atoms with Gasteiger partial charge < -0.3 is 10.2 Å². The molecular weight excluding hydrogens is 374 g/mol.